The molecule has 0 aromatic rings. The number of nitrogens with zero attached hydrogens (tertiary/aromatic N) is 1. The number of ether oxygens (including phenoxy) is 5. The number of epoxide rings is 3. The van der Waals surface area contributed by atoms with Gasteiger partial charge in [0.1, 0.15) is 30.0 Å². The van der Waals surface area contributed by atoms with Crippen LogP contribution >= 0.6 is 0 Å². The highest BCUT2D eigenvalue weighted by molar-refractivity contribution is 5.92. The predicted molar refractivity (Wildman–Crippen MR) is 121 cm³/mol. The summed E-state index contributed by atoms with van der Waals surface area (Å²) in [5, 5.41) is 0. The summed E-state index contributed by atoms with van der Waals surface area (Å²) < 4.78 is 31.8. The first-order valence-corrected chi connectivity index (χ1v) is 13.6. The van der Waals surface area contributed by atoms with E-state index in [2.05, 4.69) is 25.7 Å². The van der Waals surface area contributed by atoms with Gasteiger partial charge in [-0.25, -0.2) is 4.79 Å². The predicted octanol–water partition coefficient (Wildman–Crippen LogP) is 2.14. The molecule has 190 valence electrons. The molecule has 2 spiro atoms. The largest absolute Gasteiger partial charge is 0.458 e. The van der Waals surface area contributed by atoms with E-state index in [4.69, 9.17) is 23.7 Å². The van der Waals surface area contributed by atoms with Crippen LogP contribution in [0.4, 0.5) is 0 Å². The van der Waals surface area contributed by atoms with Gasteiger partial charge in [-0.05, 0) is 62.6 Å². The van der Waals surface area contributed by atoms with E-state index in [1.165, 1.54) is 6.42 Å². The van der Waals surface area contributed by atoms with Gasteiger partial charge in [0, 0.05) is 11.0 Å². The van der Waals surface area contributed by atoms with E-state index in [1.807, 2.05) is 0 Å². The van der Waals surface area contributed by atoms with Crippen molar-refractivity contribution in [2.24, 2.45) is 17.3 Å². The molecule has 5 heterocycles. The number of likely N-dealkylation sites (tertiary alicyclic amines) is 1. The van der Waals surface area contributed by atoms with Crippen LogP contribution in [0.15, 0.2) is 11.1 Å². The molecule has 5 aliphatic heterocycles. The van der Waals surface area contributed by atoms with Crippen molar-refractivity contribution < 1.29 is 33.3 Å². The molecule has 0 bridgehead atoms. The summed E-state index contributed by atoms with van der Waals surface area (Å²) >= 11 is 0. The van der Waals surface area contributed by atoms with Crippen LogP contribution in [0, 0.1) is 17.3 Å². The Bertz CT molecular complexity index is 1070. The second-order valence-electron chi connectivity index (χ2n) is 12.7. The Morgan fingerprint density at radius 3 is 2.71 bits per heavy atom. The van der Waals surface area contributed by atoms with Crippen molar-refractivity contribution in [3.8, 4) is 0 Å². The van der Waals surface area contributed by atoms with Gasteiger partial charge in [0.2, 0.25) is 0 Å². The van der Waals surface area contributed by atoms with Crippen LogP contribution in [0.25, 0.3) is 0 Å². The van der Waals surface area contributed by atoms with E-state index in [9.17, 15) is 9.59 Å². The topological polar surface area (TPSA) is 93.4 Å². The number of hydrogen-bond donors (Lipinski definition) is 0. The monoisotopic (exact) mass is 485 g/mol. The van der Waals surface area contributed by atoms with Crippen molar-refractivity contribution in [1.29, 1.82) is 0 Å². The minimum Gasteiger partial charge on any atom is -0.458 e. The first-order chi connectivity index (χ1) is 16.8. The average Bonchev–Trinajstić information content (AvgIpc) is 3.73. The van der Waals surface area contributed by atoms with E-state index >= 15 is 0 Å². The first-order valence-electron chi connectivity index (χ1n) is 13.6. The molecular weight excluding hydrogens is 450 g/mol. The van der Waals surface area contributed by atoms with Crippen LogP contribution in [0.1, 0.15) is 59.3 Å². The van der Waals surface area contributed by atoms with E-state index in [0.29, 0.717) is 19.6 Å². The minimum absolute atomic E-state index is 0.0556. The molecular formula is C27H35NO7. The molecule has 0 radical (unpaired) electrons. The second-order valence-corrected chi connectivity index (χ2v) is 12.7. The fourth-order valence-electron chi connectivity index (χ4n) is 9.31. The number of piperidine rings is 1. The van der Waals surface area contributed by atoms with Gasteiger partial charge in [0.05, 0.1) is 12.6 Å². The van der Waals surface area contributed by atoms with Gasteiger partial charge in [0.15, 0.2) is 11.7 Å². The van der Waals surface area contributed by atoms with Crippen LogP contribution < -0.4 is 0 Å². The molecule has 0 aromatic carbocycles. The first kappa shape index (κ1) is 21.6. The number of esters is 2. The minimum atomic E-state index is -0.667. The number of rotatable bonds is 4. The summed E-state index contributed by atoms with van der Waals surface area (Å²) in [6, 6.07) is 0. The molecule has 0 unspecified atom stereocenters. The number of hydrogen-bond acceptors (Lipinski definition) is 8. The van der Waals surface area contributed by atoms with Crippen molar-refractivity contribution in [2.45, 2.75) is 101 Å². The Morgan fingerprint density at radius 1 is 1.14 bits per heavy atom. The summed E-state index contributed by atoms with van der Waals surface area (Å²) in [4.78, 5) is 27.9. The van der Waals surface area contributed by atoms with Gasteiger partial charge in [-0.1, -0.05) is 27.2 Å². The zero-order chi connectivity index (χ0) is 24.0. The zero-order valence-corrected chi connectivity index (χ0v) is 20.8. The van der Waals surface area contributed by atoms with Gasteiger partial charge in [-0.2, -0.15) is 0 Å². The fraction of sp³-hybridized carbons (Fsp3) is 0.852. The zero-order valence-electron chi connectivity index (χ0n) is 20.8. The second kappa shape index (κ2) is 6.50. The SMILES string of the molecule is CC(C)[C@]12O[C@H]1[C@@H]1O[C@]13[C@]1(O[C@H]1C[C@H]1C4=C(CC[C@@]13C)C(=O)OC4)[C@@H]2OC(=O)CN1CCCCC1. The molecule has 8 nitrogen and oxygen atoms in total. The number of carbonyl (C=O) groups is 2. The van der Waals surface area contributed by atoms with Crippen LogP contribution in [-0.2, 0) is 33.3 Å². The normalized spacial score (nSPS) is 52.9. The van der Waals surface area contributed by atoms with Crippen LogP contribution in [-0.4, -0.2) is 84.3 Å². The maximum absolute atomic E-state index is 13.3. The number of fused-ring (bicyclic) bond motifs is 4. The lowest BCUT2D eigenvalue weighted by molar-refractivity contribution is -0.170. The van der Waals surface area contributed by atoms with Gasteiger partial charge >= 0.3 is 11.9 Å². The molecule has 6 fully saturated rings. The third kappa shape index (κ3) is 2.31. The van der Waals surface area contributed by atoms with E-state index in [0.717, 1.165) is 49.9 Å². The lowest BCUT2D eigenvalue weighted by Crippen LogP contribution is -2.70. The molecule has 8 heteroatoms. The molecule has 9 atom stereocenters. The van der Waals surface area contributed by atoms with Crippen LogP contribution in [0.3, 0.4) is 0 Å². The molecule has 0 aromatic heterocycles. The lowest BCUT2D eigenvalue weighted by Gasteiger charge is -2.53. The fourth-order valence-corrected chi connectivity index (χ4v) is 9.31. The lowest BCUT2D eigenvalue weighted by atomic mass is 9.46. The highest BCUT2D eigenvalue weighted by Gasteiger charge is 3.01. The number of cyclic esters (lactones) is 1. The van der Waals surface area contributed by atoms with E-state index in [1.54, 1.807) is 0 Å². The van der Waals surface area contributed by atoms with Crippen molar-refractivity contribution in [3.05, 3.63) is 11.1 Å². The molecule has 0 amide bonds. The molecule has 8 aliphatic rings. The van der Waals surface area contributed by atoms with E-state index < -0.39 is 22.9 Å². The van der Waals surface area contributed by atoms with Crippen molar-refractivity contribution >= 4 is 11.9 Å². The molecule has 8 rings (SSSR count). The highest BCUT2D eigenvalue weighted by Crippen LogP contribution is 2.83. The summed E-state index contributed by atoms with van der Waals surface area (Å²) in [5.41, 5.74) is 0.0314. The third-order valence-corrected chi connectivity index (χ3v) is 11.1. The van der Waals surface area contributed by atoms with Gasteiger partial charge in [-0.15, -0.1) is 0 Å². The quantitative estimate of drug-likeness (QED) is 0.442. The van der Waals surface area contributed by atoms with E-state index in [-0.39, 0.29) is 47.5 Å². The van der Waals surface area contributed by atoms with Crippen LogP contribution in [0.5, 0.6) is 0 Å². The smallest absolute Gasteiger partial charge is 0.334 e. The maximum Gasteiger partial charge on any atom is 0.334 e. The van der Waals surface area contributed by atoms with Crippen molar-refractivity contribution in [1.82, 2.24) is 4.90 Å². The third-order valence-electron chi connectivity index (χ3n) is 11.1. The van der Waals surface area contributed by atoms with Crippen LogP contribution in [0.2, 0.25) is 0 Å². The summed E-state index contributed by atoms with van der Waals surface area (Å²) in [6.07, 6.45) is 5.17. The molecule has 3 aliphatic carbocycles. The average molecular weight is 486 g/mol. The Hall–Kier alpha value is -1.48. The van der Waals surface area contributed by atoms with Crippen molar-refractivity contribution in [2.75, 3.05) is 26.2 Å². The molecule has 0 N–H and O–H groups in total. The summed E-state index contributed by atoms with van der Waals surface area (Å²) in [5.74, 6) is 0.0192. The molecule has 35 heavy (non-hydrogen) atoms. The summed E-state index contributed by atoms with van der Waals surface area (Å²) in [7, 11) is 0. The number of carbonyl (C=O) groups excluding carboxylic acids is 2. The van der Waals surface area contributed by atoms with Gasteiger partial charge < -0.3 is 23.7 Å². The maximum atomic E-state index is 13.3. The van der Waals surface area contributed by atoms with Gasteiger partial charge in [0.25, 0.3) is 0 Å². The Balaban J connectivity index is 1.16. The Kier molecular flexibility index (Phi) is 4.01. The molecule has 2 saturated carbocycles. The Morgan fingerprint density at radius 2 is 1.94 bits per heavy atom. The van der Waals surface area contributed by atoms with Crippen molar-refractivity contribution in [3.63, 3.8) is 0 Å². The standard InChI is InChI=1S/C27H35NO7/c1-14(2)25-20(34-25)21-27(35-21)24(3)8-7-15-16(13-31-22(15)30)17(24)11-18-26(27,33-18)23(25)32-19(29)12-28-9-5-4-6-10-28/h14,17-18,20-21,23H,4-13H2,1-3H3/t17-,18-,20-,21-,23+,24-,25-,26+,27+/m0/s1. The molecule has 4 saturated heterocycles. The summed E-state index contributed by atoms with van der Waals surface area (Å²) in [6.45, 7) is 9.23. The highest BCUT2D eigenvalue weighted by atomic mass is 16.8. The van der Waals surface area contributed by atoms with Gasteiger partial charge in [-0.3, -0.25) is 9.69 Å². The Labute approximate surface area is 205 Å².